The van der Waals surface area contributed by atoms with Crippen molar-refractivity contribution < 1.29 is 24.6 Å². The fourth-order valence-electron chi connectivity index (χ4n) is 3.80. The van der Waals surface area contributed by atoms with Crippen LogP contribution in [0.3, 0.4) is 0 Å². The van der Waals surface area contributed by atoms with E-state index in [1.54, 1.807) is 32.9 Å². The first-order chi connectivity index (χ1) is 15.4. The number of amides is 1. The van der Waals surface area contributed by atoms with Gasteiger partial charge in [-0.2, -0.15) is 0 Å². The van der Waals surface area contributed by atoms with Gasteiger partial charge in [0.15, 0.2) is 0 Å². The van der Waals surface area contributed by atoms with E-state index in [1.807, 2.05) is 0 Å². The molecule has 0 bridgehead atoms. The van der Waals surface area contributed by atoms with Crippen molar-refractivity contribution in [3.8, 4) is 5.75 Å². The molecule has 1 heterocycles. The molecule has 9 heteroatoms. The number of rotatable bonds is 6. The first-order valence-corrected chi connectivity index (χ1v) is 11.1. The number of phenols is 1. The number of fused-ring (bicyclic) bond motifs is 1. The second kappa shape index (κ2) is 9.08. The maximum atomic E-state index is 13.4. The number of carbonyl (C=O) groups excluding carboxylic acids is 2. The van der Waals surface area contributed by atoms with Crippen molar-refractivity contribution in [1.29, 1.82) is 0 Å². The Kier molecular flexibility index (Phi) is 6.77. The lowest BCUT2D eigenvalue weighted by atomic mass is 9.93. The lowest BCUT2D eigenvalue weighted by Crippen LogP contribution is -2.52. The molecular weight excluding hydrogens is 467 g/mol. The molecule has 2 aromatic carbocycles. The van der Waals surface area contributed by atoms with E-state index >= 15 is 0 Å². The SMILES string of the molecule is CCC(C)(NC(=O)C(C)c1c(C)n(C(=O)c2ccc(Cl)c(Cl)c2)c2ccc(O)cc12)C(=O)O. The minimum Gasteiger partial charge on any atom is -0.508 e. The molecule has 0 radical (unpaired) electrons. The maximum Gasteiger partial charge on any atom is 0.329 e. The van der Waals surface area contributed by atoms with E-state index in [-0.39, 0.29) is 23.1 Å². The first-order valence-electron chi connectivity index (χ1n) is 10.3. The van der Waals surface area contributed by atoms with Crippen LogP contribution in [0.15, 0.2) is 36.4 Å². The topological polar surface area (TPSA) is 109 Å². The number of hydrogen-bond acceptors (Lipinski definition) is 4. The number of carboxylic acids is 1. The molecule has 0 saturated heterocycles. The van der Waals surface area contributed by atoms with Gasteiger partial charge in [-0.25, -0.2) is 4.79 Å². The Morgan fingerprint density at radius 1 is 1.12 bits per heavy atom. The highest BCUT2D eigenvalue weighted by molar-refractivity contribution is 6.42. The molecule has 0 fully saturated rings. The number of phenolic OH excluding ortho intramolecular Hbond substituents is 1. The van der Waals surface area contributed by atoms with Crippen molar-refractivity contribution in [2.45, 2.75) is 45.6 Å². The van der Waals surface area contributed by atoms with Crippen LogP contribution in [0.25, 0.3) is 10.9 Å². The lowest BCUT2D eigenvalue weighted by molar-refractivity contribution is -0.147. The van der Waals surface area contributed by atoms with E-state index in [4.69, 9.17) is 23.2 Å². The van der Waals surface area contributed by atoms with Crippen molar-refractivity contribution >= 4 is 51.9 Å². The van der Waals surface area contributed by atoms with E-state index in [0.29, 0.717) is 32.7 Å². The number of nitrogens with zero attached hydrogens (tertiary/aromatic N) is 1. The lowest BCUT2D eigenvalue weighted by Gasteiger charge is -2.26. The molecule has 33 heavy (non-hydrogen) atoms. The molecule has 0 aliphatic heterocycles. The van der Waals surface area contributed by atoms with Gasteiger partial charge in [0.2, 0.25) is 5.91 Å². The zero-order chi connectivity index (χ0) is 24.7. The van der Waals surface area contributed by atoms with E-state index in [0.717, 1.165) is 0 Å². The van der Waals surface area contributed by atoms with E-state index in [9.17, 15) is 24.6 Å². The predicted molar refractivity (Wildman–Crippen MR) is 127 cm³/mol. The van der Waals surface area contributed by atoms with Crippen molar-refractivity contribution in [3.63, 3.8) is 0 Å². The van der Waals surface area contributed by atoms with Crippen LogP contribution < -0.4 is 5.32 Å². The minimum absolute atomic E-state index is 0.0283. The third-order valence-corrected chi connectivity index (χ3v) is 6.75. The highest BCUT2D eigenvalue weighted by atomic mass is 35.5. The van der Waals surface area contributed by atoms with E-state index in [2.05, 4.69) is 5.32 Å². The standard InChI is InChI=1S/C24H24Cl2N2O5/c1-5-24(4,23(32)33)27-21(30)12(2)20-13(3)28(19-9-7-15(29)11-16(19)20)22(31)14-6-8-17(25)18(26)10-14/h6-12,29H,5H2,1-4H3,(H,27,30)(H,32,33). The summed E-state index contributed by atoms with van der Waals surface area (Å²) in [6.07, 6.45) is 0.193. The highest BCUT2D eigenvalue weighted by Gasteiger charge is 2.36. The van der Waals surface area contributed by atoms with Crippen molar-refractivity contribution in [2.24, 2.45) is 0 Å². The number of carboxylic acid groups (broad SMARTS) is 1. The molecule has 7 nitrogen and oxygen atoms in total. The largest absolute Gasteiger partial charge is 0.508 e. The second-order valence-corrected chi connectivity index (χ2v) is 8.99. The minimum atomic E-state index is -1.43. The number of carbonyl (C=O) groups is 3. The molecule has 0 spiro atoms. The monoisotopic (exact) mass is 490 g/mol. The first kappa shape index (κ1) is 24.6. The van der Waals surface area contributed by atoms with Crippen LogP contribution in [0.5, 0.6) is 5.75 Å². The van der Waals surface area contributed by atoms with E-state index in [1.165, 1.54) is 35.8 Å². The summed E-state index contributed by atoms with van der Waals surface area (Å²) in [4.78, 5) is 38.1. The number of aromatic hydroxyl groups is 1. The summed E-state index contributed by atoms with van der Waals surface area (Å²) in [6, 6.07) is 9.07. The Balaban J connectivity index is 2.15. The molecule has 3 aromatic rings. The van der Waals surface area contributed by atoms with Gasteiger partial charge < -0.3 is 15.5 Å². The Bertz CT molecular complexity index is 1280. The van der Waals surface area contributed by atoms with Gasteiger partial charge in [-0.1, -0.05) is 30.1 Å². The van der Waals surface area contributed by atoms with Crippen LogP contribution in [-0.2, 0) is 9.59 Å². The number of aliphatic carboxylic acids is 1. The van der Waals surface area contributed by atoms with Gasteiger partial charge in [0.25, 0.3) is 5.91 Å². The van der Waals surface area contributed by atoms with Gasteiger partial charge in [-0.15, -0.1) is 0 Å². The maximum absolute atomic E-state index is 13.4. The average Bonchev–Trinajstić information content (AvgIpc) is 3.04. The van der Waals surface area contributed by atoms with Gasteiger partial charge in [-0.05, 0) is 69.2 Å². The molecule has 0 aliphatic carbocycles. The molecule has 1 amide bonds. The summed E-state index contributed by atoms with van der Waals surface area (Å²) in [5.41, 5.74) is 0.354. The quantitative estimate of drug-likeness (QED) is 0.444. The van der Waals surface area contributed by atoms with Crippen LogP contribution in [0.2, 0.25) is 10.0 Å². The average molecular weight is 491 g/mol. The smallest absolute Gasteiger partial charge is 0.329 e. The van der Waals surface area contributed by atoms with Gasteiger partial charge in [0.1, 0.15) is 11.3 Å². The Morgan fingerprint density at radius 2 is 1.79 bits per heavy atom. The van der Waals surface area contributed by atoms with Crippen molar-refractivity contribution in [2.75, 3.05) is 0 Å². The predicted octanol–water partition coefficient (Wildman–Crippen LogP) is 5.12. The van der Waals surface area contributed by atoms with E-state index < -0.39 is 23.3 Å². The summed E-state index contributed by atoms with van der Waals surface area (Å²) >= 11 is 12.1. The van der Waals surface area contributed by atoms with Crippen LogP contribution >= 0.6 is 23.2 Å². The molecule has 0 saturated carbocycles. The Labute approximate surface area is 200 Å². The highest BCUT2D eigenvalue weighted by Crippen LogP contribution is 2.35. The summed E-state index contributed by atoms with van der Waals surface area (Å²) in [5.74, 6) is -2.86. The third-order valence-electron chi connectivity index (χ3n) is 6.01. The molecule has 0 aliphatic rings. The Morgan fingerprint density at radius 3 is 2.36 bits per heavy atom. The van der Waals surface area contributed by atoms with Crippen molar-refractivity contribution in [3.05, 3.63) is 63.3 Å². The van der Waals surface area contributed by atoms with Crippen LogP contribution in [0.1, 0.15) is 54.7 Å². The van der Waals surface area contributed by atoms with Crippen LogP contribution in [-0.4, -0.2) is 38.1 Å². The van der Waals surface area contributed by atoms with Crippen LogP contribution in [0, 0.1) is 6.92 Å². The van der Waals surface area contributed by atoms with Crippen LogP contribution in [0.4, 0.5) is 0 Å². The fourth-order valence-corrected chi connectivity index (χ4v) is 4.10. The summed E-state index contributed by atoms with van der Waals surface area (Å²) in [7, 11) is 0. The zero-order valence-electron chi connectivity index (χ0n) is 18.6. The molecule has 1 aromatic heterocycles. The molecular formula is C24H24Cl2N2O5. The molecule has 3 rings (SSSR count). The Hall–Kier alpha value is -3.03. The molecule has 2 atom stereocenters. The normalized spacial score (nSPS) is 14.0. The summed E-state index contributed by atoms with van der Waals surface area (Å²) in [5, 5.41) is 23.3. The summed E-state index contributed by atoms with van der Waals surface area (Å²) < 4.78 is 1.45. The summed E-state index contributed by atoms with van der Waals surface area (Å²) in [6.45, 7) is 6.44. The van der Waals surface area contributed by atoms with Gasteiger partial charge in [0, 0.05) is 16.6 Å². The number of halogens is 2. The van der Waals surface area contributed by atoms with Gasteiger partial charge >= 0.3 is 5.97 Å². The zero-order valence-corrected chi connectivity index (χ0v) is 20.1. The molecule has 174 valence electrons. The number of benzene rings is 2. The molecule has 2 unspecified atom stereocenters. The fraction of sp³-hybridized carbons (Fsp3) is 0.292. The number of aromatic nitrogens is 1. The number of hydrogen-bond donors (Lipinski definition) is 3. The van der Waals surface area contributed by atoms with Gasteiger partial charge in [0.05, 0.1) is 21.5 Å². The third kappa shape index (κ3) is 4.43. The second-order valence-electron chi connectivity index (χ2n) is 8.17. The molecule has 3 N–H and O–H groups in total. The number of nitrogens with one attached hydrogen (secondary N) is 1. The van der Waals surface area contributed by atoms with Crippen molar-refractivity contribution in [1.82, 2.24) is 9.88 Å². The van der Waals surface area contributed by atoms with Gasteiger partial charge in [-0.3, -0.25) is 14.2 Å².